The lowest BCUT2D eigenvalue weighted by Gasteiger charge is -2.12. The summed E-state index contributed by atoms with van der Waals surface area (Å²) < 4.78 is 43.3. The molecule has 0 unspecified atom stereocenters. The van der Waals surface area contributed by atoms with Gasteiger partial charge in [-0.05, 0) is 48.5 Å². The van der Waals surface area contributed by atoms with E-state index in [4.69, 9.17) is 4.74 Å². The van der Waals surface area contributed by atoms with E-state index in [2.05, 4.69) is 5.32 Å². The fourth-order valence-electron chi connectivity index (χ4n) is 1.96. The summed E-state index contributed by atoms with van der Waals surface area (Å²) in [7, 11) is -0.546. The second kappa shape index (κ2) is 8.09. The van der Waals surface area contributed by atoms with E-state index in [0.29, 0.717) is 11.3 Å². The first-order valence-electron chi connectivity index (χ1n) is 7.50. The lowest BCUT2D eigenvalue weighted by molar-refractivity contribution is 0.0947. The summed E-state index contributed by atoms with van der Waals surface area (Å²) in [6.07, 6.45) is 0. The van der Waals surface area contributed by atoms with E-state index in [9.17, 15) is 17.6 Å². The van der Waals surface area contributed by atoms with E-state index in [0.717, 1.165) is 4.31 Å². The zero-order valence-corrected chi connectivity index (χ0v) is 14.7. The van der Waals surface area contributed by atoms with Crippen LogP contribution in [0.2, 0.25) is 0 Å². The molecule has 2 aromatic rings. The fourth-order valence-corrected chi connectivity index (χ4v) is 2.86. The molecule has 0 radical (unpaired) electrons. The number of benzene rings is 2. The lowest BCUT2D eigenvalue weighted by Crippen LogP contribution is -2.28. The maximum absolute atomic E-state index is 12.8. The topological polar surface area (TPSA) is 75.7 Å². The van der Waals surface area contributed by atoms with Crippen LogP contribution in [0.4, 0.5) is 4.39 Å². The number of sulfonamides is 1. The fraction of sp³-hybridized carbons (Fsp3) is 0.235. The van der Waals surface area contributed by atoms with Crippen molar-refractivity contribution in [2.75, 3.05) is 27.2 Å². The number of nitrogens with one attached hydrogen (secondary N) is 1. The molecule has 0 fully saturated rings. The molecule has 0 saturated carbocycles. The molecule has 0 bridgehead atoms. The first kappa shape index (κ1) is 18.9. The summed E-state index contributed by atoms with van der Waals surface area (Å²) in [6, 6.07) is 11.3. The van der Waals surface area contributed by atoms with E-state index in [-0.39, 0.29) is 24.0 Å². The molecule has 25 heavy (non-hydrogen) atoms. The van der Waals surface area contributed by atoms with Crippen molar-refractivity contribution >= 4 is 15.9 Å². The molecular formula is C17H19FN2O4S. The molecule has 0 aromatic heterocycles. The van der Waals surface area contributed by atoms with Crippen LogP contribution >= 0.6 is 0 Å². The van der Waals surface area contributed by atoms with Crippen LogP contribution in [0.5, 0.6) is 5.75 Å². The maximum Gasteiger partial charge on any atom is 0.251 e. The summed E-state index contributed by atoms with van der Waals surface area (Å²) >= 11 is 0. The number of halogens is 1. The molecule has 0 aliphatic carbocycles. The molecule has 1 amide bonds. The summed E-state index contributed by atoms with van der Waals surface area (Å²) in [5.41, 5.74) is 0.361. The molecule has 1 N–H and O–H groups in total. The van der Waals surface area contributed by atoms with Gasteiger partial charge in [-0.3, -0.25) is 4.79 Å². The average Bonchev–Trinajstić information content (AvgIpc) is 2.59. The van der Waals surface area contributed by atoms with Crippen LogP contribution in [0.3, 0.4) is 0 Å². The number of carbonyl (C=O) groups excluding carboxylic acids is 1. The van der Waals surface area contributed by atoms with Gasteiger partial charge in [-0.15, -0.1) is 0 Å². The number of nitrogens with zero attached hydrogens (tertiary/aromatic N) is 1. The predicted octanol–water partition coefficient (Wildman–Crippen LogP) is 1.88. The Morgan fingerprint density at radius 1 is 1.08 bits per heavy atom. The summed E-state index contributed by atoms with van der Waals surface area (Å²) in [5.74, 6) is -0.232. The molecule has 2 rings (SSSR count). The quantitative estimate of drug-likeness (QED) is 0.760. The molecule has 0 spiro atoms. The zero-order valence-electron chi connectivity index (χ0n) is 13.9. The van der Waals surface area contributed by atoms with Gasteiger partial charge in [0.1, 0.15) is 18.2 Å². The first-order valence-corrected chi connectivity index (χ1v) is 8.94. The van der Waals surface area contributed by atoms with E-state index in [1.165, 1.54) is 50.5 Å². The minimum absolute atomic E-state index is 0.175. The largest absolute Gasteiger partial charge is 0.492 e. The van der Waals surface area contributed by atoms with Crippen molar-refractivity contribution in [3.8, 4) is 5.75 Å². The Kier molecular flexibility index (Phi) is 6.11. The van der Waals surface area contributed by atoms with Gasteiger partial charge in [0.05, 0.1) is 11.4 Å². The molecule has 0 atom stereocenters. The molecule has 0 heterocycles. The van der Waals surface area contributed by atoms with E-state index < -0.39 is 15.8 Å². The molecule has 6 nitrogen and oxygen atoms in total. The van der Waals surface area contributed by atoms with Crippen molar-refractivity contribution in [2.24, 2.45) is 0 Å². The third-order valence-electron chi connectivity index (χ3n) is 3.37. The van der Waals surface area contributed by atoms with Crippen LogP contribution in [0, 0.1) is 5.82 Å². The maximum atomic E-state index is 12.8. The van der Waals surface area contributed by atoms with E-state index in [1.807, 2.05) is 0 Å². The van der Waals surface area contributed by atoms with Crippen LogP contribution in [-0.2, 0) is 10.0 Å². The normalized spacial score (nSPS) is 11.4. The second-order valence-corrected chi connectivity index (χ2v) is 7.52. The highest BCUT2D eigenvalue weighted by Gasteiger charge is 2.16. The number of ether oxygens (including phenoxy) is 1. The van der Waals surface area contributed by atoms with Crippen LogP contribution in [0.1, 0.15) is 10.4 Å². The third-order valence-corrected chi connectivity index (χ3v) is 5.19. The summed E-state index contributed by atoms with van der Waals surface area (Å²) in [6.45, 7) is 0.473. The van der Waals surface area contributed by atoms with Crippen molar-refractivity contribution in [2.45, 2.75) is 4.90 Å². The van der Waals surface area contributed by atoms with Crippen LogP contribution in [0.15, 0.2) is 53.4 Å². The van der Waals surface area contributed by atoms with Gasteiger partial charge in [-0.2, -0.15) is 0 Å². The number of rotatable bonds is 7. The molecule has 0 aliphatic rings. The van der Waals surface area contributed by atoms with Gasteiger partial charge in [-0.1, -0.05) is 0 Å². The predicted molar refractivity (Wildman–Crippen MR) is 91.5 cm³/mol. The minimum atomic E-state index is -3.47. The summed E-state index contributed by atoms with van der Waals surface area (Å²) in [5, 5.41) is 2.65. The van der Waals surface area contributed by atoms with Gasteiger partial charge < -0.3 is 10.1 Å². The molecule has 134 valence electrons. The number of hydrogen-bond acceptors (Lipinski definition) is 4. The van der Waals surface area contributed by atoms with Crippen LogP contribution in [0.25, 0.3) is 0 Å². The number of amides is 1. The molecule has 2 aromatic carbocycles. The van der Waals surface area contributed by atoms with E-state index in [1.54, 1.807) is 12.1 Å². The number of hydrogen-bond donors (Lipinski definition) is 1. The SMILES string of the molecule is CN(C)S(=O)(=O)c1ccc(OCCNC(=O)c2ccc(F)cc2)cc1. The summed E-state index contributed by atoms with van der Waals surface area (Å²) in [4.78, 5) is 12.0. The van der Waals surface area contributed by atoms with Crippen molar-refractivity contribution < 1.29 is 22.3 Å². The van der Waals surface area contributed by atoms with Gasteiger partial charge in [0.15, 0.2) is 0 Å². The number of carbonyl (C=O) groups is 1. The molecule has 8 heteroatoms. The van der Waals surface area contributed by atoms with Gasteiger partial charge in [0.2, 0.25) is 10.0 Å². The smallest absolute Gasteiger partial charge is 0.251 e. The Hall–Kier alpha value is -2.45. The zero-order chi connectivity index (χ0) is 18.4. The van der Waals surface area contributed by atoms with Crippen molar-refractivity contribution in [1.82, 2.24) is 9.62 Å². The van der Waals surface area contributed by atoms with Crippen LogP contribution < -0.4 is 10.1 Å². The van der Waals surface area contributed by atoms with Crippen molar-refractivity contribution in [3.05, 3.63) is 59.9 Å². The average molecular weight is 366 g/mol. The minimum Gasteiger partial charge on any atom is -0.492 e. The van der Waals surface area contributed by atoms with Gasteiger partial charge in [0, 0.05) is 19.7 Å². The van der Waals surface area contributed by atoms with Gasteiger partial charge in [0.25, 0.3) is 5.91 Å². The standard InChI is InChI=1S/C17H19FN2O4S/c1-20(2)25(22,23)16-9-7-15(8-10-16)24-12-11-19-17(21)13-3-5-14(18)6-4-13/h3-10H,11-12H2,1-2H3,(H,19,21). The Balaban J connectivity index is 1.82. The molecule has 0 aliphatic heterocycles. The molecular weight excluding hydrogens is 347 g/mol. The lowest BCUT2D eigenvalue weighted by atomic mass is 10.2. The Morgan fingerprint density at radius 2 is 1.68 bits per heavy atom. The van der Waals surface area contributed by atoms with Crippen molar-refractivity contribution in [3.63, 3.8) is 0 Å². The highest BCUT2D eigenvalue weighted by atomic mass is 32.2. The van der Waals surface area contributed by atoms with Gasteiger partial charge in [-0.25, -0.2) is 17.1 Å². The monoisotopic (exact) mass is 366 g/mol. The third kappa shape index (κ3) is 5.01. The molecule has 0 saturated heterocycles. The Morgan fingerprint density at radius 3 is 2.24 bits per heavy atom. The van der Waals surface area contributed by atoms with E-state index >= 15 is 0 Å². The Bertz CT molecular complexity index is 819. The Labute approximate surface area is 146 Å². The first-order chi connectivity index (χ1) is 11.8. The van der Waals surface area contributed by atoms with Crippen molar-refractivity contribution in [1.29, 1.82) is 0 Å². The highest BCUT2D eigenvalue weighted by Crippen LogP contribution is 2.17. The van der Waals surface area contributed by atoms with Crippen LogP contribution in [-0.4, -0.2) is 45.9 Å². The van der Waals surface area contributed by atoms with Gasteiger partial charge >= 0.3 is 0 Å². The second-order valence-electron chi connectivity index (χ2n) is 5.37. The highest BCUT2D eigenvalue weighted by molar-refractivity contribution is 7.89.